The fourth-order valence-corrected chi connectivity index (χ4v) is 0.793. The van der Waals surface area contributed by atoms with Crippen LogP contribution in [-0.2, 0) is 4.79 Å². The van der Waals surface area contributed by atoms with E-state index in [1.807, 2.05) is 0 Å². The normalized spacial score (nSPS) is 15.9. The Labute approximate surface area is 82.1 Å². The van der Waals surface area contributed by atoms with E-state index in [-0.39, 0.29) is 5.71 Å². The number of carboxylic acids is 1. The molecule has 0 amide bonds. The number of nitrogens with zero attached hydrogens (tertiary/aromatic N) is 2. The van der Waals surface area contributed by atoms with E-state index in [0.29, 0.717) is 6.21 Å². The third-order valence-electron chi connectivity index (χ3n) is 1.38. The summed E-state index contributed by atoms with van der Waals surface area (Å²) in [5.74, 6) is -1.20. The molecular weight excluding hydrogens is 186 g/mol. The quantitative estimate of drug-likeness (QED) is 0.334. The molecule has 0 aliphatic rings. The average molecular weight is 201 g/mol. The van der Waals surface area contributed by atoms with Gasteiger partial charge in [-0.15, -0.1) is 0 Å². The van der Waals surface area contributed by atoms with Gasteiger partial charge in [0.2, 0.25) is 0 Å². The van der Waals surface area contributed by atoms with Gasteiger partial charge in [0.05, 0.1) is 5.71 Å². The molecule has 0 aromatic heterocycles. The summed E-state index contributed by atoms with van der Waals surface area (Å²) in [6, 6.07) is 0. The van der Waals surface area contributed by atoms with Crippen LogP contribution in [-0.4, -0.2) is 34.3 Å². The van der Waals surface area contributed by atoms with Gasteiger partial charge in [-0.3, -0.25) is 0 Å². The third kappa shape index (κ3) is 4.68. The lowest BCUT2D eigenvalue weighted by Gasteiger charge is -2.21. The van der Waals surface area contributed by atoms with Crippen molar-refractivity contribution in [2.75, 3.05) is 0 Å². The minimum absolute atomic E-state index is 0.231. The molecule has 0 aromatic carbocycles. The van der Waals surface area contributed by atoms with Crippen molar-refractivity contribution in [3.05, 3.63) is 0 Å². The lowest BCUT2D eigenvalue weighted by atomic mass is 9.89. The van der Waals surface area contributed by atoms with Gasteiger partial charge < -0.3 is 15.9 Å². The number of aliphatic carboxylic acids is 1. The predicted octanol–water partition coefficient (Wildman–Crippen LogP) is -0.179. The molecule has 0 spiro atoms. The Morgan fingerprint density at radius 1 is 1.50 bits per heavy atom. The highest BCUT2D eigenvalue weighted by Gasteiger charge is 2.23. The van der Waals surface area contributed by atoms with Crippen LogP contribution >= 0.6 is 0 Å². The number of carboxylic acid groups (broad SMARTS) is 1. The second-order valence-electron chi connectivity index (χ2n) is 3.76. The molecule has 6 heteroatoms. The highest BCUT2D eigenvalue weighted by Crippen LogP contribution is 2.17. The number of nitrogens with two attached hydrogens (primary N) is 1. The van der Waals surface area contributed by atoms with Crippen molar-refractivity contribution in [3.63, 3.8) is 0 Å². The van der Waals surface area contributed by atoms with E-state index < -0.39 is 17.6 Å². The van der Waals surface area contributed by atoms with Gasteiger partial charge in [0.1, 0.15) is 12.4 Å². The first-order chi connectivity index (χ1) is 6.25. The van der Waals surface area contributed by atoms with Crippen LogP contribution < -0.4 is 5.73 Å². The molecular formula is C8H15N3O3. The van der Waals surface area contributed by atoms with E-state index in [0.717, 1.165) is 0 Å². The van der Waals surface area contributed by atoms with E-state index in [2.05, 4.69) is 10.2 Å². The molecule has 1 unspecified atom stereocenters. The number of hydrogen-bond acceptors (Lipinski definition) is 5. The number of aliphatic hydroxyl groups is 1. The monoisotopic (exact) mass is 201 g/mol. The van der Waals surface area contributed by atoms with Crippen molar-refractivity contribution in [2.45, 2.75) is 27.0 Å². The van der Waals surface area contributed by atoms with E-state index in [4.69, 9.17) is 15.9 Å². The first-order valence-corrected chi connectivity index (χ1v) is 4.03. The molecule has 0 saturated heterocycles. The fraction of sp³-hybridized carbons (Fsp3) is 0.625. The van der Waals surface area contributed by atoms with Crippen LogP contribution in [0.2, 0.25) is 0 Å². The van der Waals surface area contributed by atoms with Crippen molar-refractivity contribution in [1.82, 2.24) is 0 Å². The van der Waals surface area contributed by atoms with Crippen molar-refractivity contribution in [2.24, 2.45) is 21.4 Å². The van der Waals surface area contributed by atoms with Crippen LogP contribution in [0, 0.1) is 5.41 Å². The van der Waals surface area contributed by atoms with Crippen molar-refractivity contribution in [3.8, 4) is 0 Å². The Kier molecular flexibility index (Phi) is 4.39. The SMILES string of the molecule is CC(C)(C)/C(=N/N=C/C(=O)O)C(N)O. The lowest BCUT2D eigenvalue weighted by Crippen LogP contribution is -2.38. The summed E-state index contributed by atoms with van der Waals surface area (Å²) in [4.78, 5) is 10.1. The van der Waals surface area contributed by atoms with E-state index in [1.165, 1.54) is 0 Å². The second-order valence-corrected chi connectivity index (χ2v) is 3.76. The molecule has 0 aliphatic carbocycles. The Hall–Kier alpha value is -1.27. The zero-order valence-corrected chi connectivity index (χ0v) is 8.43. The molecule has 6 nitrogen and oxygen atoms in total. The second kappa shape index (κ2) is 4.83. The summed E-state index contributed by atoms with van der Waals surface area (Å²) >= 11 is 0. The van der Waals surface area contributed by atoms with Crippen LogP contribution in [0.3, 0.4) is 0 Å². The van der Waals surface area contributed by atoms with E-state index in [9.17, 15) is 4.79 Å². The van der Waals surface area contributed by atoms with Crippen LogP contribution in [0.1, 0.15) is 20.8 Å². The van der Waals surface area contributed by atoms with Crippen LogP contribution in [0.5, 0.6) is 0 Å². The summed E-state index contributed by atoms with van der Waals surface area (Å²) < 4.78 is 0. The average Bonchev–Trinajstić information content (AvgIpc) is 1.94. The molecule has 0 rings (SSSR count). The maximum atomic E-state index is 10.1. The van der Waals surface area contributed by atoms with Crippen LogP contribution in [0.15, 0.2) is 10.2 Å². The molecule has 0 aliphatic heterocycles. The Balaban J connectivity index is 4.76. The first-order valence-electron chi connectivity index (χ1n) is 4.03. The highest BCUT2D eigenvalue weighted by atomic mass is 16.4. The molecule has 0 aromatic rings. The molecule has 0 heterocycles. The molecule has 14 heavy (non-hydrogen) atoms. The van der Waals surface area contributed by atoms with Gasteiger partial charge in [-0.1, -0.05) is 20.8 Å². The Morgan fingerprint density at radius 3 is 2.29 bits per heavy atom. The molecule has 0 fully saturated rings. The minimum atomic E-state index is -1.24. The van der Waals surface area contributed by atoms with Gasteiger partial charge in [0, 0.05) is 5.41 Å². The highest BCUT2D eigenvalue weighted by molar-refractivity contribution is 6.22. The fourth-order valence-electron chi connectivity index (χ4n) is 0.793. The standard InChI is InChI=1S/C8H15N3O3/c1-8(2,3)6(7(9)14)11-10-4-5(12)13/h4,7,14H,9H2,1-3H3,(H,12,13)/b10-4+,11-6+. The van der Waals surface area contributed by atoms with Crippen LogP contribution in [0.4, 0.5) is 0 Å². The lowest BCUT2D eigenvalue weighted by molar-refractivity contribution is -0.128. The maximum Gasteiger partial charge on any atom is 0.348 e. The summed E-state index contributed by atoms with van der Waals surface area (Å²) in [5, 5.41) is 24.2. The molecule has 0 radical (unpaired) electrons. The molecule has 1 atom stereocenters. The van der Waals surface area contributed by atoms with Crippen LogP contribution in [0.25, 0.3) is 0 Å². The maximum absolute atomic E-state index is 10.1. The van der Waals surface area contributed by atoms with Gasteiger partial charge in [-0.25, -0.2) is 4.79 Å². The molecule has 0 saturated carbocycles. The summed E-state index contributed by atoms with van der Waals surface area (Å²) in [5.41, 5.74) is 5.02. The van der Waals surface area contributed by atoms with Gasteiger partial charge in [-0.2, -0.15) is 10.2 Å². The third-order valence-corrected chi connectivity index (χ3v) is 1.38. The minimum Gasteiger partial charge on any atom is -0.477 e. The van der Waals surface area contributed by atoms with Crippen molar-refractivity contribution in [1.29, 1.82) is 0 Å². The molecule has 4 N–H and O–H groups in total. The van der Waals surface area contributed by atoms with Gasteiger partial charge in [0.25, 0.3) is 0 Å². The number of rotatable bonds is 3. The smallest absolute Gasteiger partial charge is 0.348 e. The summed E-state index contributed by atoms with van der Waals surface area (Å²) in [6.45, 7) is 5.37. The largest absolute Gasteiger partial charge is 0.477 e. The number of aliphatic hydroxyl groups excluding tert-OH is 1. The molecule has 0 bridgehead atoms. The topological polar surface area (TPSA) is 108 Å². The van der Waals surface area contributed by atoms with Gasteiger partial charge in [0.15, 0.2) is 0 Å². The molecule has 80 valence electrons. The Bertz CT molecular complexity index is 263. The van der Waals surface area contributed by atoms with E-state index >= 15 is 0 Å². The van der Waals surface area contributed by atoms with Gasteiger partial charge in [-0.05, 0) is 0 Å². The summed E-state index contributed by atoms with van der Waals surface area (Å²) in [6.07, 6.45) is -0.602. The number of carbonyl (C=O) groups is 1. The predicted molar refractivity (Wildman–Crippen MR) is 53.2 cm³/mol. The zero-order valence-electron chi connectivity index (χ0n) is 8.43. The van der Waals surface area contributed by atoms with E-state index in [1.54, 1.807) is 20.8 Å². The van der Waals surface area contributed by atoms with Crippen molar-refractivity contribution >= 4 is 17.9 Å². The van der Waals surface area contributed by atoms with Gasteiger partial charge >= 0.3 is 5.97 Å². The van der Waals surface area contributed by atoms with Crippen molar-refractivity contribution < 1.29 is 15.0 Å². The first kappa shape index (κ1) is 12.7. The zero-order chi connectivity index (χ0) is 11.4. The number of hydrogen-bond donors (Lipinski definition) is 3. The summed E-state index contributed by atoms with van der Waals surface area (Å²) in [7, 11) is 0. The Morgan fingerprint density at radius 2 is 2.00 bits per heavy atom.